The highest BCUT2D eigenvalue weighted by Crippen LogP contribution is 2.13. The maximum atomic E-state index is 5.36. The highest BCUT2D eigenvalue weighted by molar-refractivity contribution is 6.60. The first-order valence-electron chi connectivity index (χ1n) is 5.43. The lowest BCUT2D eigenvalue weighted by Gasteiger charge is -2.23. The van der Waals surface area contributed by atoms with Crippen LogP contribution in [0.2, 0.25) is 6.04 Å². The fraction of sp³-hybridized carbons (Fsp3) is 1.00. The van der Waals surface area contributed by atoms with Crippen molar-refractivity contribution >= 4 is 19.3 Å². The van der Waals surface area contributed by atoms with Gasteiger partial charge in [0.15, 0.2) is 0 Å². The van der Waals surface area contributed by atoms with Crippen molar-refractivity contribution in [3.05, 3.63) is 0 Å². The van der Waals surface area contributed by atoms with Crippen LogP contribution in [0.5, 0.6) is 0 Å². The highest BCUT2D eigenvalue weighted by Gasteiger charge is 2.36. The minimum atomic E-state index is -2.32. The van der Waals surface area contributed by atoms with Gasteiger partial charge in [-0.05, 0) is 13.0 Å². The largest absolute Gasteiger partial charge is 0.500 e. The molecule has 1 aliphatic heterocycles. The van der Waals surface area contributed by atoms with E-state index in [1.807, 2.05) is 0 Å². The molecule has 17 heavy (non-hydrogen) atoms. The first kappa shape index (κ1) is 17.2. The van der Waals surface area contributed by atoms with Crippen molar-refractivity contribution in [2.45, 2.75) is 18.6 Å². The second-order valence-corrected chi connectivity index (χ2v) is 6.83. The van der Waals surface area contributed by atoms with Crippen LogP contribution in [0.4, 0.5) is 0 Å². The summed E-state index contributed by atoms with van der Waals surface area (Å²) in [6.07, 6.45) is 1.25. The number of ether oxygens (including phenoxy) is 1. The second kappa shape index (κ2) is 10.1. The van der Waals surface area contributed by atoms with Gasteiger partial charge in [0.25, 0.3) is 0 Å². The molecule has 1 heterocycles. The summed E-state index contributed by atoms with van der Waals surface area (Å²) in [6, 6.07) is 0.785. The van der Waals surface area contributed by atoms with Crippen molar-refractivity contribution in [2.75, 3.05) is 41.1 Å². The van der Waals surface area contributed by atoms with E-state index in [2.05, 4.69) is 14.9 Å². The third-order valence-corrected chi connectivity index (χ3v) is 5.29. The zero-order valence-electron chi connectivity index (χ0n) is 10.7. The smallest absolute Gasteiger partial charge is 0.416 e. The molecule has 101 valence electrons. The van der Waals surface area contributed by atoms with E-state index in [9.17, 15) is 0 Å². The summed E-state index contributed by atoms with van der Waals surface area (Å²) in [6.45, 7) is 2.19. The predicted octanol–water partition coefficient (Wildman–Crippen LogP) is -0.301. The van der Waals surface area contributed by atoms with E-state index >= 15 is 0 Å². The maximum Gasteiger partial charge on any atom is 0.500 e. The lowest BCUT2D eigenvalue weighted by atomic mass is 10.5. The second-order valence-electron chi connectivity index (χ2n) is 3.45. The van der Waals surface area contributed by atoms with Gasteiger partial charge in [-0.3, -0.25) is 0 Å². The fourth-order valence-electron chi connectivity index (χ4n) is 1.13. The van der Waals surface area contributed by atoms with Crippen LogP contribution in [-0.4, -0.2) is 66.5 Å². The molecule has 0 aliphatic carbocycles. The van der Waals surface area contributed by atoms with Gasteiger partial charge in [-0.1, -0.05) is 0 Å². The molecule has 1 aliphatic rings. The molecule has 1 atom stereocenters. The Kier molecular flexibility index (Phi) is 10.3. The van der Waals surface area contributed by atoms with E-state index in [0.29, 0.717) is 19.3 Å². The minimum Gasteiger partial charge on any atom is -0.416 e. The van der Waals surface area contributed by atoms with Gasteiger partial charge >= 0.3 is 8.80 Å². The van der Waals surface area contributed by atoms with Crippen LogP contribution >= 0.6 is 0 Å². The molecule has 1 unspecified atom stereocenters. The van der Waals surface area contributed by atoms with Gasteiger partial charge in [0.2, 0.25) is 10.5 Å². The van der Waals surface area contributed by atoms with Crippen LogP contribution in [0.25, 0.3) is 0 Å². The Morgan fingerprint density at radius 1 is 1.29 bits per heavy atom. The van der Waals surface area contributed by atoms with Gasteiger partial charge in [-0.15, -0.1) is 0 Å². The number of rotatable bonds is 8. The van der Waals surface area contributed by atoms with Crippen LogP contribution in [0, 0.1) is 0 Å². The van der Waals surface area contributed by atoms with Crippen molar-refractivity contribution in [3.63, 3.8) is 0 Å². The number of hydrogen-bond donors (Lipinski definition) is 1. The van der Waals surface area contributed by atoms with Crippen molar-refractivity contribution in [1.29, 1.82) is 0 Å². The van der Waals surface area contributed by atoms with Gasteiger partial charge in [0, 0.05) is 27.4 Å². The standard InChI is InChI=1S/C6H17NO3Si.C3H5O2Si/c1-8-11(9-2,10-3)6-4-5-7;6-5-2-3-1-4-3/h4-7H2,1-3H3;3H,1-2H2. The van der Waals surface area contributed by atoms with E-state index in [1.54, 1.807) is 21.3 Å². The van der Waals surface area contributed by atoms with Gasteiger partial charge < -0.3 is 28.2 Å². The molecule has 3 radical (unpaired) electrons. The average Bonchev–Trinajstić information content (AvgIpc) is 3.17. The molecule has 1 saturated heterocycles. The quantitative estimate of drug-likeness (QED) is 0.486. The number of hydrogen-bond acceptors (Lipinski definition) is 6. The molecular formula is C9H22NO5Si2. The summed E-state index contributed by atoms with van der Waals surface area (Å²) in [4.78, 5) is 0. The van der Waals surface area contributed by atoms with Crippen molar-refractivity contribution in [2.24, 2.45) is 5.73 Å². The first-order valence-corrected chi connectivity index (χ1v) is 7.77. The topological polar surface area (TPSA) is 75.5 Å². The van der Waals surface area contributed by atoms with Gasteiger partial charge in [0.1, 0.15) is 6.10 Å². The number of epoxide rings is 1. The van der Waals surface area contributed by atoms with Crippen LogP contribution in [0.3, 0.4) is 0 Å². The first-order chi connectivity index (χ1) is 8.17. The van der Waals surface area contributed by atoms with E-state index in [4.69, 9.17) is 23.7 Å². The Balaban J connectivity index is 0.000000354. The Hall–Kier alpha value is 0.194. The van der Waals surface area contributed by atoms with E-state index < -0.39 is 8.80 Å². The summed E-state index contributed by atoms with van der Waals surface area (Å²) < 4.78 is 24.9. The molecule has 0 amide bonds. The molecule has 0 aromatic heterocycles. The SMILES string of the molecule is CO[Si](CCCN)(OC)OC.[Si]OCC1CO1. The molecule has 0 aromatic carbocycles. The van der Waals surface area contributed by atoms with Gasteiger partial charge in [0.05, 0.1) is 13.2 Å². The molecule has 0 bridgehead atoms. The van der Waals surface area contributed by atoms with Gasteiger partial charge in [-0.2, -0.15) is 0 Å². The Morgan fingerprint density at radius 2 is 1.82 bits per heavy atom. The monoisotopic (exact) mass is 280 g/mol. The van der Waals surface area contributed by atoms with Crippen molar-refractivity contribution in [1.82, 2.24) is 0 Å². The van der Waals surface area contributed by atoms with E-state index in [1.165, 1.54) is 0 Å². The summed E-state index contributed by atoms with van der Waals surface area (Å²) >= 11 is 0. The van der Waals surface area contributed by atoms with Crippen LogP contribution < -0.4 is 5.73 Å². The van der Waals surface area contributed by atoms with E-state index in [0.717, 1.165) is 19.1 Å². The van der Waals surface area contributed by atoms with E-state index in [-0.39, 0.29) is 0 Å². The third-order valence-electron chi connectivity index (χ3n) is 2.29. The predicted molar refractivity (Wildman–Crippen MR) is 66.7 cm³/mol. The third kappa shape index (κ3) is 8.00. The zero-order valence-corrected chi connectivity index (χ0v) is 12.7. The fourth-order valence-corrected chi connectivity index (χ4v) is 3.07. The Bertz CT molecular complexity index is 171. The molecule has 6 nitrogen and oxygen atoms in total. The molecule has 0 aromatic rings. The highest BCUT2D eigenvalue weighted by atomic mass is 28.4. The molecule has 0 saturated carbocycles. The van der Waals surface area contributed by atoms with Crippen LogP contribution in [0.15, 0.2) is 0 Å². The lowest BCUT2D eigenvalue weighted by Crippen LogP contribution is -2.42. The summed E-state index contributed by atoms with van der Waals surface area (Å²) in [5.41, 5.74) is 5.36. The molecule has 1 fully saturated rings. The van der Waals surface area contributed by atoms with Crippen molar-refractivity contribution in [3.8, 4) is 0 Å². The maximum absolute atomic E-state index is 5.36. The van der Waals surface area contributed by atoms with Crippen LogP contribution in [-0.2, 0) is 22.4 Å². The van der Waals surface area contributed by atoms with Gasteiger partial charge in [-0.25, -0.2) is 0 Å². The number of nitrogens with two attached hydrogens (primary N) is 1. The average molecular weight is 280 g/mol. The Morgan fingerprint density at radius 3 is 2.06 bits per heavy atom. The minimum absolute atomic E-state index is 0.377. The Labute approximate surface area is 108 Å². The molecule has 1 rings (SSSR count). The lowest BCUT2D eigenvalue weighted by molar-refractivity contribution is 0.123. The molecule has 2 N–H and O–H groups in total. The normalized spacial score (nSPS) is 18.5. The van der Waals surface area contributed by atoms with Crippen LogP contribution in [0.1, 0.15) is 6.42 Å². The van der Waals surface area contributed by atoms with Crippen molar-refractivity contribution < 1.29 is 22.4 Å². The molecular weight excluding hydrogens is 258 g/mol. The summed E-state index contributed by atoms with van der Waals surface area (Å²) in [5.74, 6) is 0. The summed E-state index contributed by atoms with van der Waals surface area (Å²) in [7, 11) is 5.35. The molecule has 8 heteroatoms. The zero-order chi connectivity index (χ0) is 13.1. The molecule has 0 spiro atoms. The summed E-state index contributed by atoms with van der Waals surface area (Å²) in [5, 5.41) is 0.